The van der Waals surface area contributed by atoms with Gasteiger partial charge in [-0.1, -0.05) is 36.4 Å². The largest absolute Gasteiger partial charge is 0.496 e. The van der Waals surface area contributed by atoms with Crippen molar-refractivity contribution in [2.45, 2.75) is 24.7 Å². The predicted molar refractivity (Wildman–Crippen MR) is 111 cm³/mol. The Hall–Kier alpha value is -4.06. The second-order valence-corrected chi connectivity index (χ2v) is 7.81. The molecule has 2 aromatic carbocycles. The first-order chi connectivity index (χ1) is 15.4. The highest BCUT2D eigenvalue weighted by molar-refractivity contribution is 5.91. The van der Waals surface area contributed by atoms with E-state index < -0.39 is 34.5 Å². The average Bonchev–Trinajstić information content (AvgIpc) is 3.01. The third-order valence-electron chi connectivity index (χ3n) is 6.39. The maximum absolute atomic E-state index is 10.5. The Labute approximate surface area is 185 Å². The molecule has 2 aliphatic heterocycles. The Bertz CT molecular complexity index is 1210. The molecule has 4 rings (SSSR count). The van der Waals surface area contributed by atoms with Gasteiger partial charge < -0.3 is 18.9 Å². The van der Waals surface area contributed by atoms with E-state index in [2.05, 4.69) is 6.07 Å². The van der Waals surface area contributed by atoms with Gasteiger partial charge in [0.25, 0.3) is 0 Å². The molecule has 0 saturated carbocycles. The molecule has 2 aliphatic rings. The fourth-order valence-electron chi connectivity index (χ4n) is 5.02. The van der Waals surface area contributed by atoms with Gasteiger partial charge in [-0.3, -0.25) is 5.41 Å². The molecular weight excluding hydrogens is 408 g/mol. The van der Waals surface area contributed by atoms with Crippen LogP contribution in [0.4, 0.5) is 0 Å². The number of rotatable bonds is 4. The topological polar surface area (TPSA) is 132 Å². The molecule has 0 spiro atoms. The fraction of sp³-hybridized carbons (Fsp3) is 0.333. The van der Waals surface area contributed by atoms with Gasteiger partial charge in [0.2, 0.25) is 17.1 Å². The van der Waals surface area contributed by atoms with Crippen molar-refractivity contribution in [3.05, 3.63) is 59.7 Å². The summed E-state index contributed by atoms with van der Waals surface area (Å²) in [5.74, 6) is -2.16. The zero-order chi connectivity index (χ0) is 23.1. The smallest absolute Gasteiger partial charge is 0.219 e. The number of para-hydroxylation sites is 2. The van der Waals surface area contributed by atoms with E-state index in [0.717, 1.165) is 0 Å². The molecular formula is C24H20N4O4. The predicted octanol–water partition coefficient (Wildman–Crippen LogP) is 3.83. The molecule has 4 unspecified atom stereocenters. The third-order valence-corrected chi connectivity index (χ3v) is 6.39. The second kappa shape index (κ2) is 7.27. The molecule has 2 fully saturated rings. The number of hydrogen-bond acceptors (Lipinski definition) is 8. The number of fused-ring (bicyclic) bond motifs is 2. The number of ether oxygens (including phenoxy) is 4. The Kier molecular flexibility index (Phi) is 4.81. The van der Waals surface area contributed by atoms with Crippen LogP contribution in [0.1, 0.15) is 30.1 Å². The Morgan fingerprint density at radius 1 is 0.875 bits per heavy atom. The van der Waals surface area contributed by atoms with E-state index >= 15 is 0 Å². The summed E-state index contributed by atoms with van der Waals surface area (Å²) in [6.45, 7) is 1.61. The summed E-state index contributed by atoms with van der Waals surface area (Å²) >= 11 is 0. The van der Waals surface area contributed by atoms with Crippen LogP contribution in [0.25, 0.3) is 0 Å². The van der Waals surface area contributed by atoms with E-state index in [1.807, 2.05) is 12.1 Å². The first-order valence-electron chi connectivity index (χ1n) is 9.84. The quantitative estimate of drug-likeness (QED) is 0.782. The third kappa shape index (κ3) is 2.40. The maximum Gasteiger partial charge on any atom is 0.219 e. The lowest BCUT2D eigenvalue weighted by Gasteiger charge is -2.49. The molecule has 160 valence electrons. The SMILES string of the molecule is COc1ccccc1C1OC2(C)OC(=N)C(C#N)(C2c2ccccc2OC)C1(C#N)C#N. The maximum atomic E-state index is 10.5. The van der Waals surface area contributed by atoms with E-state index in [0.29, 0.717) is 22.6 Å². The van der Waals surface area contributed by atoms with Gasteiger partial charge in [-0.05, 0) is 12.1 Å². The van der Waals surface area contributed by atoms with E-state index in [4.69, 9.17) is 24.4 Å². The highest BCUT2D eigenvalue weighted by atomic mass is 16.7. The lowest BCUT2D eigenvalue weighted by Crippen LogP contribution is -2.57. The summed E-state index contributed by atoms with van der Waals surface area (Å²) in [5, 5.41) is 40.0. The van der Waals surface area contributed by atoms with Crippen LogP contribution >= 0.6 is 0 Å². The molecule has 0 amide bonds. The van der Waals surface area contributed by atoms with Crippen molar-refractivity contribution < 1.29 is 18.9 Å². The van der Waals surface area contributed by atoms with Crippen molar-refractivity contribution in [2.24, 2.45) is 10.8 Å². The van der Waals surface area contributed by atoms with Gasteiger partial charge in [0.1, 0.15) is 17.6 Å². The molecule has 0 aromatic heterocycles. The fourth-order valence-corrected chi connectivity index (χ4v) is 5.02. The highest BCUT2D eigenvalue weighted by Gasteiger charge is 2.80. The molecule has 0 aliphatic carbocycles. The van der Waals surface area contributed by atoms with Crippen LogP contribution < -0.4 is 9.47 Å². The summed E-state index contributed by atoms with van der Waals surface area (Å²) in [7, 11) is 2.95. The van der Waals surface area contributed by atoms with Gasteiger partial charge in [0.05, 0.1) is 38.3 Å². The number of methoxy groups -OCH3 is 2. The van der Waals surface area contributed by atoms with Gasteiger partial charge in [0, 0.05) is 18.1 Å². The standard InChI is InChI=1S/C24H20N4O4/c1-22-19(15-8-4-6-10-17(15)29-2)24(14-27,21(28)32-22)23(12-25,13-26)20(31-22)16-9-5-7-11-18(16)30-3/h4-11,19-20,28H,1-3H3. The van der Waals surface area contributed by atoms with Gasteiger partial charge in [-0.15, -0.1) is 0 Å². The number of hydrogen-bond donors (Lipinski definition) is 1. The molecule has 2 saturated heterocycles. The summed E-state index contributed by atoms with van der Waals surface area (Å²) in [6.07, 6.45) is -1.22. The summed E-state index contributed by atoms with van der Waals surface area (Å²) in [5.41, 5.74) is -3.16. The molecule has 1 N–H and O–H groups in total. The molecule has 2 bridgehead atoms. The normalized spacial score (nSPS) is 29.7. The van der Waals surface area contributed by atoms with Crippen molar-refractivity contribution in [2.75, 3.05) is 14.2 Å². The number of nitriles is 3. The first-order valence-corrected chi connectivity index (χ1v) is 9.84. The summed E-state index contributed by atoms with van der Waals surface area (Å²) < 4.78 is 23.2. The summed E-state index contributed by atoms with van der Waals surface area (Å²) in [6, 6.07) is 20.0. The Morgan fingerprint density at radius 2 is 1.41 bits per heavy atom. The lowest BCUT2D eigenvalue weighted by molar-refractivity contribution is -0.254. The van der Waals surface area contributed by atoms with Crippen LogP contribution in [0, 0.1) is 50.2 Å². The minimum absolute atomic E-state index is 0.394. The Morgan fingerprint density at radius 3 is 1.94 bits per heavy atom. The Balaban J connectivity index is 2.08. The zero-order valence-corrected chi connectivity index (χ0v) is 17.7. The van der Waals surface area contributed by atoms with Crippen LogP contribution in [-0.2, 0) is 9.47 Å². The minimum atomic E-state index is -2.12. The molecule has 8 nitrogen and oxygen atoms in total. The summed E-state index contributed by atoms with van der Waals surface area (Å²) in [4.78, 5) is 0. The van der Waals surface area contributed by atoms with Crippen LogP contribution in [0.15, 0.2) is 48.5 Å². The van der Waals surface area contributed by atoms with E-state index in [-0.39, 0.29) is 0 Å². The highest BCUT2D eigenvalue weighted by Crippen LogP contribution is 2.70. The van der Waals surface area contributed by atoms with Crippen LogP contribution in [0.5, 0.6) is 11.5 Å². The number of nitrogens with zero attached hydrogens (tertiary/aromatic N) is 3. The van der Waals surface area contributed by atoms with Gasteiger partial charge in [-0.2, -0.15) is 15.8 Å². The van der Waals surface area contributed by atoms with Gasteiger partial charge >= 0.3 is 0 Å². The van der Waals surface area contributed by atoms with Crippen LogP contribution in [0.2, 0.25) is 0 Å². The average molecular weight is 428 g/mol. The van der Waals surface area contributed by atoms with Crippen LogP contribution in [-0.4, -0.2) is 25.9 Å². The van der Waals surface area contributed by atoms with Crippen molar-refractivity contribution in [3.8, 4) is 29.7 Å². The van der Waals surface area contributed by atoms with E-state index in [1.54, 1.807) is 55.5 Å². The van der Waals surface area contributed by atoms with Crippen molar-refractivity contribution >= 4 is 5.90 Å². The van der Waals surface area contributed by atoms with Gasteiger partial charge in [-0.25, -0.2) is 0 Å². The monoisotopic (exact) mass is 428 g/mol. The number of benzene rings is 2. The van der Waals surface area contributed by atoms with E-state index in [1.165, 1.54) is 14.2 Å². The van der Waals surface area contributed by atoms with E-state index in [9.17, 15) is 15.8 Å². The molecule has 4 atom stereocenters. The lowest BCUT2D eigenvalue weighted by atomic mass is 9.52. The molecule has 2 heterocycles. The number of nitrogens with one attached hydrogen (secondary N) is 1. The van der Waals surface area contributed by atoms with Crippen LogP contribution in [0.3, 0.4) is 0 Å². The molecule has 2 aromatic rings. The molecule has 0 radical (unpaired) electrons. The zero-order valence-electron chi connectivity index (χ0n) is 17.7. The van der Waals surface area contributed by atoms with Crippen molar-refractivity contribution in [1.29, 1.82) is 21.2 Å². The second-order valence-electron chi connectivity index (χ2n) is 7.81. The van der Waals surface area contributed by atoms with Crippen molar-refractivity contribution in [3.63, 3.8) is 0 Å². The minimum Gasteiger partial charge on any atom is -0.496 e. The van der Waals surface area contributed by atoms with Crippen molar-refractivity contribution in [1.82, 2.24) is 0 Å². The molecule has 32 heavy (non-hydrogen) atoms. The van der Waals surface area contributed by atoms with Gasteiger partial charge in [0.15, 0.2) is 5.41 Å². The molecule has 8 heteroatoms. The first kappa shape index (κ1) is 21.2.